The first kappa shape index (κ1) is 64.3. The van der Waals surface area contributed by atoms with Crippen LogP contribution in [0.3, 0.4) is 0 Å². The molecule has 0 saturated carbocycles. The Bertz CT molecular complexity index is 5490. The lowest BCUT2D eigenvalue weighted by Gasteiger charge is -2.29. The molecule has 0 saturated heterocycles. The van der Waals surface area contributed by atoms with Crippen molar-refractivity contribution in [2.45, 2.75) is 46.0 Å². The predicted molar refractivity (Wildman–Crippen MR) is 389 cm³/mol. The van der Waals surface area contributed by atoms with Crippen LogP contribution in [0, 0.1) is 6.92 Å². The zero-order valence-electron chi connectivity index (χ0n) is 55.1. The Labute approximate surface area is 578 Å². The number of aromatic nitrogens is 4. The number of pyridine rings is 4. The Hall–Kier alpha value is -12.7. The third-order valence-corrected chi connectivity index (χ3v) is 18.8. The molecule has 0 radical (unpaired) electrons. The van der Waals surface area contributed by atoms with Gasteiger partial charge >= 0.3 is 17.9 Å². The number of imide groups is 2. The van der Waals surface area contributed by atoms with E-state index in [-0.39, 0.29) is 54.5 Å². The quantitative estimate of drug-likeness (QED) is 0.0237. The summed E-state index contributed by atoms with van der Waals surface area (Å²) in [6.07, 6.45) is 9.90. The number of benzene rings is 11. The number of hydrogen-bond acceptors (Lipinski definition) is 15. The summed E-state index contributed by atoms with van der Waals surface area (Å²) in [5.41, 5.74) is 14.3. The van der Waals surface area contributed by atoms with E-state index in [1.165, 1.54) is 21.6 Å². The minimum atomic E-state index is -0.621. The summed E-state index contributed by atoms with van der Waals surface area (Å²) >= 11 is 0. The maximum absolute atomic E-state index is 13.8. The number of fused-ring (bicyclic) bond motifs is 4. The van der Waals surface area contributed by atoms with Crippen LogP contribution < -0.4 is 15.2 Å². The Morgan fingerprint density at radius 3 is 1.18 bits per heavy atom. The Balaban J connectivity index is 0.000000146. The van der Waals surface area contributed by atoms with Crippen molar-refractivity contribution in [2.75, 3.05) is 26.2 Å². The van der Waals surface area contributed by atoms with Crippen LogP contribution in [-0.4, -0.2) is 97.5 Å². The summed E-state index contributed by atoms with van der Waals surface area (Å²) in [5, 5.41) is 7.69. The molecule has 4 aromatic heterocycles. The summed E-state index contributed by atoms with van der Waals surface area (Å²) < 4.78 is 17.0. The molecule has 0 bridgehead atoms. The fraction of sp³-hybridized carbons (Fsp3) is 0.131. The molecule has 494 valence electrons. The Morgan fingerprint density at radius 1 is 0.376 bits per heavy atom. The fourth-order valence-corrected chi connectivity index (χ4v) is 13.9. The molecule has 4 amide bonds. The molecule has 2 aliphatic rings. The molecule has 15 aromatic rings. The van der Waals surface area contributed by atoms with E-state index in [1.807, 2.05) is 123 Å². The fourth-order valence-electron chi connectivity index (χ4n) is 13.9. The highest BCUT2D eigenvalue weighted by molar-refractivity contribution is 6.40. The summed E-state index contributed by atoms with van der Waals surface area (Å²) in [4.78, 5) is 117. The van der Waals surface area contributed by atoms with E-state index in [4.69, 9.17) is 39.9 Å². The van der Waals surface area contributed by atoms with Crippen LogP contribution in [0.5, 0.6) is 11.5 Å². The summed E-state index contributed by atoms with van der Waals surface area (Å²) in [7, 11) is 0. The zero-order chi connectivity index (χ0) is 69.4. The van der Waals surface area contributed by atoms with E-state index in [2.05, 4.69) is 12.1 Å². The summed E-state index contributed by atoms with van der Waals surface area (Å²) in [6.45, 7) is 5.40. The highest BCUT2D eigenvalue weighted by Crippen LogP contribution is 2.46. The second kappa shape index (κ2) is 27.3. The van der Waals surface area contributed by atoms with E-state index in [1.54, 1.807) is 97.5 Å². The number of nitrogens with two attached hydrogens (primary N) is 1. The van der Waals surface area contributed by atoms with Crippen LogP contribution in [0.25, 0.3) is 86.7 Å². The molecule has 17 rings (SSSR count). The molecule has 17 heteroatoms. The molecule has 0 atom stereocenters. The number of rotatable bonds is 16. The highest BCUT2D eigenvalue weighted by atomic mass is 16.5. The van der Waals surface area contributed by atoms with Crippen molar-refractivity contribution in [1.82, 2.24) is 29.7 Å². The van der Waals surface area contributed by atoms with Crippen molar-refractivity contribution >= 4 is 128 Å². The lowest BCUT2D eigenvalue weighted by Crippen LogP contribution is -2.41. The largest absolute Gasteiger partial charge is 0.462 e. The van der Waals surface area contributed by atoms with Gasteiger partial charge in [0.25, 0.3) is 23.6 Å². The Kier molecular flexibility index (Phi) is 17.4. The molecule has 101 heavy (non-hydrogen) atoms. The van der Waals surface area contributed by atoms with Crippen molar-refractivity contribution in [1.29, 1.82) is 0 Å². The number of para-hydroxylation sites is 2. The first-order valence-electron chi connectivity index (χ1n) is 33.5. The van der Waals surface area contributed by atoms with Gasteiger partial charge in [-0.25, -0.2) is 14.4 Å². The number of unbranched alkanes of at least 4 members (excludes halogenated alkanes) is 1. The molecular formula is C84H63N7O10. The van der Waals surface area contributed by atoms with Crippen molar-refractivity contribution in [2.24, 2.45) is 5.73 Å². The number of carbonyl (C=O) groups excluding carboxylic acids is 7. The molecule has 2 aliphatic heterocycles. The monoisotopic (exact) mass is 1330 g/mol. The van der Waals surface area contributed by atoms with E-state index in [0.29, 0.717) is 135 Å². The van der Waals surface area contributed by atoms with Crippen LogP contribution in [0.4, 0.5) is 0 Å². The average Bonchev–Trinajstić information content (AvgIpc) is 0.703. The van der Waals surface area contributed by atoms with Crippen molar-refractivity contribution < 1.29 is 47.8 Å². The van der Waals surface area contributed by atoms with Gasteiger partial charge in [-0.2, -0.15) is 0 Å². The first-order chi connectivity index (χ1) is 49.4. The van der Waals surface area contributed by atoms with Crippen molar-refractivity contribution in [3.05, 3.63) is 286 Å². The average molecular weight is 1330 g/mol. The number of nitrogens with zero attached hydrogens (tertiary/aromatic N) is 6. The van der Waals surface area contributed by atoms with Gasteiger partial charge in [-0.15, -0.1) is 0 Å². The van der Waals surface area contributed by atoms with Crippen molar-refractivity contribution in [3.8, 4) is 11.5 Å². The molecule has 0 spiro atoms. The smallest absolute Gasteiger partial charge is 0.344 e. The number of amides is 4. The van der Waals surface area contributed by atoms with Crippen LogP contribution in [0.1, 0.15) is 115 Å². The lowest BCUT2D eigenvalue weighted by atomic mass is 9.86. The van der Waals surface area contributed by atoms with Crippen molar-refractivity contribution in [3.63, 3.8) is 0 Å². The van der Waals surface area contributed by atoms with Gasteiger partial charge in [-0.1, -0.05) is 165 Å². The standard InChI is InChI=1S/C38H24N4O4.C38H28N2O6.C8H11N/c43-35-25-13-11-23-31-29(25)27(37(45)41(35)17-15-21-7-3-1-4-8-21)19-39-33(31)24-12-14-26-30-28(20-40-34(23)32(24)30)38(46)42(36(26)44)18-16-22-9-5-2-6-10-22;1-3-4-19-44-36(41)29-21-40-35-25-15-17-27(37(42)45-23-11-7-5-8-12-23)30-22(2)20-39-34(32(25)30)26-16-18-28(31(29)33(26)35)38(43)46-24-13-9-6-10-14-24;9-7-6-8-4-2-1-3-5-8/h1-14,19-20H,15-18H2;5-18,20-21H,3-4,19H2,1-2H3;1-5H,6-7,9H2. The maximum atomic E-state index is 13.8. The van der Waals surface area contributed by atoms with Gasteiger partial charge < -0.3 is 19.9 Å². The topological polar surface area (TPSA) is 231 Å². The van der Waals surface area contributed by atoms with Crippen LogP contribution in [-0.2, 0) is 24.0 Å². The molecule has 2 N–H and O–H groups in total. The van der Waals surface area contributed by atoms with Gasteiger partial charge in [0, 0.05) is 114 Å². The number of ether oxygens (including phenoxy) is 3. The second-order valence-electron chi connectivity index (χ2n) is 24.9. The van der Waals surface area contributed by atoms with E-state index in [0.717, 1.165) is 46.8 Å². The lowest BCUT2D eigenvalue weighted by molar-refractivity contribution is 0.0499. The van der Waals surface area contributed by atoms with Gasteiger partial charge in [-0.3, -0.25) is 48.9 Å². The molecule has 0 aliphatic carbocycles. The van der Waals surface area contributed by atoms with Gasteiger partial charge in [-0.05, 0) is 110 Å². The number of esters is 3. The van der Waals surface area contributed by atoms with Crippen LogP contribution in [0.15, 0.2) is 225 Å². The summed E-state index contributed by atoms with van der Waals surface area (Å²) in [6, 6.07) is 61.6. The number of aryl methyl sites for hydroxylation is 1. The zero-order valence-corrected chi connectivity index (χ0v) is 55.1. The third-order valence-electron chi connectivity index (χ3n) is 18.8. The predicted octanol–water partition coefficient (Wildman–Crippen LogP) is 15.6. The van der Waals surface area contributed by atoms with Gasteiger partial charge in [0.05, 0.1) is 56.5 Å². The highest BCUT2D eigenvalue weighted by Gasteiger charge is 2.38. The minimum Gasteiger partial charge on any atom is -0.462 e. The SMILES string of the molecule is CCCCOC(=O)c1cnc2c3ccc(C(=O)Oc4ccccc4)c4c(C)cnc(c5ccc(C(=O)Oc6ccccc6)c1c52)c43.NCCc1ccccc1.O=C1c2ccc3c4ncc5c6c(ccc(c7ncc(c2c37)C(=O)N1CCc1ccccc1)c64)C(=O)N(CCc1ccccc1)C5=O. The number of carbonyl (C=O) groups is 7. The second-order valence-corrected chi connectivity index (χ2v) is 24.9. The molecule has 6 heterocycles. The maximum Gasteiger partial charge on any atom is 0.344 e. The number of hydrogen-bond donors (Lipinski definition) is 1. The third kappa shape index (κ3) is 11.7. The summed E-state index contributed by atoms with van der Waals surface area (Å²) in [5.74, 6) is -2.31. The molecular weight excluding hydrogens is 1270 g/mol. The van der Waals surface area contributed by atoms with E-state index < -0.39 is 17.9 Å². The molecule has 11 aromatic carbocycles. The first-order valence-corrected chi connectivity index (χ1v) is 33.5. The molecule has 0 fully saturated rings. The Morgan fingerprint density at radius 2 is 0.743 bits per heavy atom. The normalized spacial score (nSPS) is 12.6. The van der Waals surface area contributed by atoms with Gasteiger partial charge in [0.15, 0.2) is 0 Å². The van der Waals surface area contributed by atoms with Crippen LogP contribution in [0.2, 0.25) is 0 Å². The van der Waals surface area contributed by atoms with Gasteiger partial charge in [0.2, 0.25) is 0 Å². The van der Waals surface area contributed by atoms with E-state index in [9.17, 15) is 33.6 Å². The van der Waals surface area contributed by atoms with Gasteiger partial charge in [0.1, 0.15) is 11.5 Å². The van der Waals surface area contributed by atoms with Crippen LogP contribution >= 0.6 is 0 Å². The molecule has 0 unspecified atom stereocenters. The molecule has 17 nitrogen and oxygen atoms in total. The minimum absolute atomic E-state index is 0.159. The van der Waals surface area contributed by atoms with E-state index >= 15 is 0 Å².